The third-order valence-corrected chi connectivity index (χ3v) is 11.6. The lowest BCUT2D eigenvalue weighted by Gasteiger charge is -2.18. The zero-order valence-corrected chi connectivity index (χ0v) is 28.7. The van der Waals surface area contributed by atoms with Crippen molar-refractivity contribution in [3.8, 4) is 44.8 Å². The summed E-state index contributed by atoms with van der Waals surface area (Å²) in [4.78, 5) is 9.64. The second-order valence-electron chi connectivity index (χ2n) is 13.3. The molecule has 0 radical (unpaired) electrons. The fourth-order valence-electron chi connectivity index (χ4n) is 8.05. The summed E-state index contributed by atoms with van der Waals surface area (Å²) in [5.41, 5.74) is 10.6. The van der Waals surface area contributed by atoms with Crippen LogP contribution in [0, 0.1) is 0 Å². The van der Waals surface area contributed by atoms with Crippen molar-refractivity contribution in [2.45, 2.75) is 0 Å². The second kappa shape index (κ2) is 11.5. The Hall–Kier alpha value is -6.62. The van der Waals surface area contributed by atoms with Gasteiger partial charge >= 0.3 is 0 Å². The Kier molecular flexibility index (Phi) is 6.42. The number of hydrogen-bond donors (Lipinski definition) is 0. The summed E-state index contributed by atoms with van der Waals surface area (Å²) in [5.74, 6) is 0. The molecule has 4 heteroatoms. The maximum Gasteiger partial charge on any atom is 0.161 e. The molecule has 3 nitrogen and oxygen atoms in total. The molecule has 0 saturated heterocycles. The molecule has 0 bridgehead atoms. The van der Waals surface area contributed by atoms with E-state index < -0.39 is 0 Å². The smallest absolute Gasteiger partial charge is 0.161 e. The first-order valence-corrected chi connectivity index (χ1v) is 18.3. The number of benzene rings is 7. The van der Waals surface area contributed by atoms with Gasteiger partial charge in [-0.3, -0.25) is 9.97 Å². The van der Waals surface area contributed by atoms with Crippen molar-refractivity contribution in [3.63, 3.8) is 0 Å². The van der Waals surface area contributed by atoms with Crippen LogP contribution in [0.15, 0.2) is 175 Å². The summed E-state index contributed by atoms with van der Waals surface area (Å²) in [6, 6.07) is 56.4. The van der Waals surface area contributed by atoms with Gasteiger partial charge in [-0.05, 0) is 68.1 Å². The Labute approximate surface area is 303 Å². The predicted octanol–water partition coefficient (Wildman–Crippen LogP) is 13.7. The Bertz CT molecular complexity index is 2900. The zero-order valence-electron chi connectivity index (χ0n) is 27.9. The molecule has 0 unspecified atom stereocenters. The average Bonchev–Trinajstić information content (AvgIpc) is 3.79. The number of para-hydroxylation sites is 1. The van der Waals surface area contributed by atoms with Crippen LogP contribution < -0.4 is 0 Å². The predicted molar refractivity (Wildman–Crippen MR) is 219 cm³/mol. The summed E-state index contributed by atoms with van der Waals surface area (Å²) >= 11 is 1.82. The molecule has 0 fully saturated rings. The first-order chi connectivity index (χ1) is 25.8. The maximum atomic E-state index is 6.32. The van der Waals surface area contributed by atoms with Gasteiger partial charge in [0.25, 0.3) is 0 Å². The molecular weight excluding hydrogens is 653 g/mol. The molecule has 4 aromatic heterocycles. The van der Waals surface area contributed by atoms with Crippen LogP contribution in [0.2, 0.25) is 0 Å². The molecule has 0 spiro atoms. The highest BCUT2D eigenvalue weighted by Crippen LogP contribution is 2.45. The van der Waals surface area contributed by atoms with Gasteiger partial charge in [0.1, 0.15) is 11.3 Å². The largest absolute Gasteiger partial charge is 0.454 e. The van der Waals surface area contributed by atoms with E-state index in [0.717, 1.165) is 50.0 Å². The highest BCUT2D eigenvalue weighted by Gasteiger charge is 2.19. The van der Waals surface area contributed by atoms with Crippen molar-refractivity contribution in [1.29, 1.82) is 0 Å². The molecule has 0 aliphatic rings. The summed E-state index contributed by atoms with van der Waals surface area (Å²) in [5, 5.41) is 9.64. The summed E-state index contributed by atoms with van der Waals surface area (Å²) in [6.07, 6.45) is 3.81. The maximum absolute atomic E-state index is 6.32. The third kappa shape index (κ3) is 4.38. The number of aromatic nitrogens is 2. The van der Waals surface area contributed by atoms with Gasteiger partial charge in [0.15, 0.2) is 5.58 Å². The van der Waals surface area contributed by atoms with Crippen molar-refractivity contribution < 1.29 is 4.42 Å². The standard InChI is InChI=1S/C48H28N2OS/c1-3-13-37-35(11-1)43(29-17-21-31(22-18-29)45-47-39(25-27-49-45)33-9-5-7-15-41(33)51-47)36-12-2-4-14-38(36)44(37)30-19-23-32(24-20-30)46-48-40(26-28-50-46)34-10-6-8-16-42(34)52-48/h1-28H. The quantitative estimate of drug-likeness (QED) is 0.174. The molecule has 0 saturated carbocycles. The molecular formula is C48H28N2OS. The highest BCUT2D eigenvalue weighted by atomic mass is 32.1. The molecule has 52 heavy (non-hydrogen) atoms. The number of pyridine rings is 2. The van der Waals surface area contributed by atoms with Crippen molar-refractivity contribution >= 4 is 75.0 Å². The van der Waals surface area contributed by atoms with E-state index in [1.807, 2.05) is 48.0 Å². The molecule has 0 aliphatic heterocycles. The molecule has 0 aliphatic carbocycles. The topological polar surface area (TPSA) is 38.9 Å². The Morgan fingerprint density at radius 1 is 0.365 bits per heavy atom. The van der Waals surface area contributed by atoms with E-state index in [2.05, 4.69) is 133 Å². The lowest BCUT2D eigenvalue weighted by atomic mass is 9.85. The van der Waals surface area contributed by atoms with Crippen LogP contribution in [0.5, 0.6) is 0 Å². The van der Waals surface area contributed by atoms with E-state index in [9.17, 15) is 0 Å². The first-order valence-electron chi connectivity index (χ1n) is 17.5. The van der Waals surface area contributed by atoms with Crippen LogP contribution in [0.3, 0.4) is 0 Å². The SMILES string of the molecule is c1ccc2c(c1)oc1c(-c3ccc(-c4c5ccccc5c(-c5ccc(-c6nccc7c6sc6ccccc67)cc5)c5ccccc45)cc3)nccc12. The van der Waals surface area contributed by atoms with Crippen LogP contribution >= 0.6 is 11.3 Å². The molecule has 0 atom stereocenters. The fourth-order valence-corrected chi connectivity index (χ4v) is 9.26. The minimum atomic E-state index is 0.819. The molecule has 11 aromatic rings. The Morgan fingerprint density at radius 3 is 1.44 bits per heavy atom. The first kappa shape index (κ1) is 29.1. The summed E-state index contributed by atoms with van der Waals surface area (Å²) in [6.45, 7) is 0. The average molecular weight is 681 g/mol. The van der Waals surface area contributed by atoms with E-state index in [0.29, 0.717) is 0 Å². The van der Waals surface area contributed by atoms with E-state index >= 15 is 0 Å². The Balaban J connectivity index is 1.04. The van der Waals surface area contributed by atoms with Gasteiger partial charge in [-0.25, -0.2) is 0 Å². The lowest BCUT2D eigenvalue weighted by molar-refractivity contribution is 0.668. The molecule has 7 aromatic carbocycles. The number of nitrogens with zero attached hydrogens (tertiary/aromatic N) is 2. The third-order valence-electron chi connectivity index (χ3n) is 10.4. The second-order valence-corrected chi connectivity index (χ2v) is 14.3. The van der Waals surface area contributed by atoms with Crippen LogP contribution in [0.4, 0.5) is 0 Å². The van der Waals surface area contributed by atoms with Gasteiger partial charge in [-0.2, -0.15) is 0 Å². The summed E-state index contributed by atoms with van der Waals surface area (Å²) in [7, 11) is 0. The number of fused-ring (bicyclic) bond motifs is 8. The van der Waals surface area contributed by atoms with Crippen LogP contribution in [0.1, 0.15) is 0 Å². The van der Waals surface area contributed by atoms with Gasteiger partial charge < -0.3 is 4.42 Å². The summed E-state index contributed by atoms with van der Waals surface area (Å²) < 4.78 is 8.84. The van der Waals surface area contributed by atoms with Gasteiger partial charge in [0.05, 0.1) is 10.4 Å². The monoisotopic (exact) mass is 680 g/mol. The van der Waals surface area contributed by atoms with Gasteiger partial charge in [-0.1, -0.05) is 133 Å². The minimum absolute atomic E-state index is 0.819. The van der Waals surface area contributed by atoms with Gasteiger partial charge in [0.2, 0.25) is 0 Å². The van der Waals surface area contributed by atoms with Crippen LogP contribution in [-0.4, -0.2) is 9.97 Å². The number of hydrogen-bond acceptors (Lipinski definition) is 4. The van der Waals surface area contributed by atoms with E-state index in [-0.39, 0.29) is 0 Å². The lowest BCUT2D eigenvalue weighted by Crippen LogP contribution is -1.91. The van der Waals surface area contributed by atoms with E-state index in [1.54, 1.807) is 0 Å². The Morgan fingerprint density at radius 2 is 0.827 bits per heavy atom. The van der Waals surface area contributed by atoms with E-state index in [1.165, 1.54) is 58.4 Å². The van der Waals surface area contributed by atoms with Crippen molar-refractivity contribution in [3.05, 3.63) is 170 Å². The van der Waals surface area contributed by atoms with Crippen LogP contribution in [-0.2, 0) is 0 Å². The normalized spacial score (nSPS) is 11.8. The number of rotatable bonds is 4. The minimum Gasteiger partial charge on any atom is -0.454 e. The number of furan rings is 1. The zero-order chi connectivity index (χ0) is 34.2. The van der Waals surface area contributed by atoms with Gasteiger partial charge in [-0.15, -0.1) is 11.3 Å². The molecule has 11 rings (SSSR count). The van der Waals surface area contributed by atoms with E-state index in [4.69, 9.17) is 14.4 Å². The molecule has 242 valence electrons. The van der Waals surface area contributed by atoms with Crippen molar-refractivity contribution in [2.24, 2.45) is 0 Å². The fraction of sp³-hybridized carbons (Fsp3) is 0. The molecule has 4 heterocycles. The number of thiophene rings is 1. The van der Waals surface area contributed by atoms with Crippen LogP contribution in [0.25, 0.3) is 108 Å². The van der Waals surface area contributed by atoms with Crippen molar-refractivity contribution in [1.82, 2.24) is 9.97 Å². The molecule has 0 amide bonds. The highest BCUT2D eigenvalue weighted by molar-refractivity contribution is 7.26. The van der Waals surface area contributed by atoms with Crippen molar-refractivity contribution in [2.75, 3.05) is 0 Å². The van der Waals surface area contributed by atoms with Gasteiger partial charge in [0, 0.05) is 49.8 Å². The molecule has 0 N–H and O–H groups in total.